The van der Waals surface area contributed by atoms with Crippen LogP contribution in [-0.4, -0.2) is 40.5 Å². The van der Waals surface area contributed by atoms with E-state index in [2.05, 4.69) is 4.98 Å². The standard InChI is InChI=1S/C14H11N3O3.C5H13NO/c15-13-8-11(3-5-16-13)20-10-1-2-12-9(7-10)4-6-17(12)14(18)19;1-2-7-5-3-4-6/h1-8H,(H2,15,16)(H,18,19);2-6H2,1H3. The number of carbonyl (C=O) groups is 1. The van der Waals surface area contributed by atoms with Crippen LogP contribution in [0.25, 0.3) is 10.9 Å². The summed E-state index contributed by atoms with van der Waals surface area (Å²) >= 11 is 0. The molecule has 2 aromatic heterocycles. The normalized spacial score (nSPS) is 10.3. The molecule has 3 aromatic rings. The van der Waals surface area contributed by atoms with Gasteiger partial charge in [0.15, 0.2) is 0 Å². The van der Waals surface area contributed by atoms with Crippen LogP contribution in [0.5, 0.6) is 11.5 Å². The molecule has 27 heavy (non-hydrogen) atoms. The zero-order valence-electron chi connectivity index (χ0n) is 15.2. The van der Waals surface area contributed by atoms with E-state index in [9.17, 15) is 4.79 Å². The first-order valence-corrected chi connectivity index (χ1v) is 8.56. The van der Waals surface area contributed by atoms with Gasteiger partial charge >= 0.3 is 6.09 Å². The molecule has 0 unspecified atom stereocenters. The molecule has 0 spiro atoms. The SMILES string of the molecule is CCOCCCN.Nc1cc(Oc2ccc3c(ccn3C(=O)O)c2)ccn1. The Bertz CT molecular complexity index is 875. The fourth-order valence-electron chi connectivity index (χ4n) is 2.31. The molecule has 0 aliphatic rings. The van der Waals surface area contributed by atoms with Crippen molar-refractivity contribution >= 4 is 22.8 Å². The van der Waals surface area contributed by atoms with E-state index in [4.69, 9.17) is 26.0 Å². The van der Waals surface area contributed by atoms with Crippen molar-refractivity contribution in [2.75, 3.05) is 25.5 Å². The van der Waals surface area contributed by atoms with E-state index >= 15 is 0 Å². The Morgan fingerprint density at radius 3 is 2.67 bits per heavy atom. The van der Waals surface area contributed by atoms with Gasteiger partial charge in [0.1, 0.15) is 17.3 Å². The van der Waals surface area contributed by atoms with Gasteiger partial charge in [0, 0.05) is 37.1 Å². The van der Waals surface area contributed by atoms with Crippen LogP contribution in [0.1, 0.15) is 13.3 Å². The molecule has 0 atom stereocenters. The summed E-state index contributed by atoms with van der Waals surface area (Å²) in [5.74, 6) is 1.56. The van der Waals surface area contributed by atoms with Crippen molar-refractivity contribution in [2.24, 2.45) is 5.73 Å². The fraction of sp³-hybridized carbons (Fsp3) is 0.263. The summed E-state index contributed by atoms with van der Waals surface area (Å²) < 4.78 is 11.8. The molecule has 2 heterocycles. The van der Waals surface area contributed by atoms with Crippen LogP contribution in [0.15, 0.2) is 48.8 Å². The summed E-state index contributed by atoms with van der Waals surface area (Å²) in [7, 11) is 0. The lowest BCUT2D eigenvalue weighted by Crippen LogP contribution is -2.05. The molecule has 0 saturated carbocycles. The average Bonchev–Trinajstić information content (AvgIpc) is 3.06. The first kappa shape index (κ1) is 20.2. The largest absolute Gasteiger partial charge is 0.464 e. The molecule has 144 valence electrons. The maximum atomic E-state index is 11.0. The van der Waals surface area contributed by atoms with E-state index in [0.717, 1.165) is 36.1 Å². The van der Waals surface area contributed by atoms with Gasteiger partial charge in [-0.15, -0.1) is 0 Å². The van der Waals surface area contributed by atoms with E-state index < -0.39 is 6.09 Å². The second-order valence-electron chi connectivity index (χ2n) is 5.55. The summed E-state index contributed by atoms with van der Waals surface area (Å²) in [4.78, 5) is 14.9. The summed E-state index contributed by atoms with van der Waals surface area (Å²) in [6.07, 6.45) is 3.02. The molecule has 1 aromatic carbocycles. The van der Waals surface area contributed by atoms with Gasteiger partial charge in [-0.1, -0.05) is 0 Å². The number of ether oxygens (including phenoxy) is 2. The van der Waals surface area contributed by atoms with Crippen LogP contribution in [-0.2, 0) is 4.74 Å². The molecule has 0 amide bonds. The number of rotatable bonds is 6. The Kier molecular flexibility index (Phi) is 7.60. The molecule has 8 nitrogen and oxygen atoms in total. The molecule has 5 N–H and O–H groups in total. The topological polar surface area (TPSA) is 126 Å². The van der Waals surface area contributed by atoms with Gasteiger partial charge in [0.05, 0.1) is 5.52 Å². The first-order valence-electron chi connectivity index (χ1n) is 8.56. The highest BCUT2D eigenvalue weighted by atomic mass is 16.5. The van der Waals surface area contributed by atoms with E-state index in [1.54, 1.807) is 42.6 Å². The van der Waals surface area contributed by atoms with Crippen LogP contribution in [0.3, 0.4) is 0 Å². The number of benzene rings is 1. The lowest BCUT2D eigenvalue weighted by Gasteiger charge is -2.06. The molecule has 0 aliphatic heterocycles. The summed E-state index contributed by atoms with van der Waals surface area (Å²) in [5, 5.41) is 9.80. The predicted molar refractivity (Wildman–Crippen MR) is 104 cm³/mol. The molecule has 8 heteroatoms. The number of pyridine rings is 1. The number of aromatic nitrogens is 2. The predicted octanol–water partition coefficient (Wildman–Crippen LogP) is 3.31. The van der Waals surface area contributed by atoms with Crippen molar-refractivity contribution in [3.63, 3.8) is 0 Å². The number of hydrogen-bond acceptors (Lipinski definition) is 6. The Labute approximate surface area is 157 Å². The zero-order chi connectivity index (χ0) is 19.6. The van der Waals surface area contributed by atoms with Crippen LogP contribution in [0.2, 0.25) is 0 Å². The van der Waals surface area contributed by atoms with Gasteiger partial charge in [-0.3, -0.25) is 4.57 Å². The van der Waals surface area contributed by atoms with Crippen molar-refractivity contribution in [2.45, 2.75) is 13.3 Å². The van der Waals surface area contributed by atoms with E-state index in [1.807, 2.05) is 6.92 Å². The second-order valence-corrected chi connectivity index (χ2v) is 5.55. The van der Waals surface area contributed by atoms with E-state index in [1.165, 1.54) is 6.20 Å². The molecular weight excluding hydrogens is 348 g/mol. The monoisotopic (exact) mass is 372 g/mol. The fourth-order valence-corrected chi connectivity index (χ4v) is 2.31. The third kappa shape index (κ3) is 5.98. The Hall–Kier alpha value is -3.10. The van der Waals surface area contributed by atoms with Crippen LogP contribution < -0.4 is 16.2 Å². The second kappa shape index (κ2) is 10.1. The molecule has 0 bridgehead atoms. The van der Waals surface area contributed by atoms with Crippen LogP contribution in [0, 0.1) is 0 Å². The minimum Gasteiger partial charge on any atom is -0.464 e. The van der Waals surface area contributed by atoms with E-state index in [-0.39, 0.29) is 0 Å². The Morgan fingerprint density at radius 1 is 1.22 bits per heavy atom. The highest BCUT2D eigenvalue weighted by molar-refractivity contribution is 5.89. The molecule has 0 aliphatic carbocycles. The molecule has 0 saturated heterocycles. The summed E-state index contributed by atoms with van der Waals surface area (Å²) in [6, 6.07) is 10.2. The smallest absolute Gasteiger partial charge is 0.415 e. The van der Waals surface area contributed by atoms with Gasteiger partial charge < -0.3 is 26.0 Å². The lowest BCUT2D eigenvalue weighted by molar-refractivity contribution is 0.146. The van der Waals surface area contributed by atoms with Gasteiger partial charge in [0.2, 0.25) is 0 Å². The Morgan fingerprint density at radius 2 is 2.00 bits per heavy atom. The van der Waals surface area contributed by atoms with Crippen molar-refractivity contribution in [1.29, 1.82) is 0 Å². The lowest BCUT2D eigenvalue weighted by atomic mass is 10.2. The highest BCUT2D eigenvalue weighted by Crippen LogP contribution is 2.26. The van der Waals surface area contributed by atoms with Crippen molar-refractivity contribution < 1.29 is 19.4 Å². The molecule has 3 rings (SSSR count). The van der Waals surface area contributed by atoms with Crippen molar-refractivity contribution in [3.05, 3.63) is 48.8 Å². The maximum absolute atomic E-state index is 11.0. The number of fused-ring (bicyclic) bond motifs is 1. The van der Waals surface area contributed by atoms with Crippen LogP contribution >= 0.6 is 0 Å². The van der Waals surface area contributed by atoms with Gasteiger partial charge in [0.25, 0.3) is 0 Å². The Balaban J connectivity index is 0.000000321. The number of hydrogen-bond donors (Lipinski definition) is 3. The van der Waals surface area contributed by atoms with Crippen molar-refractivity contribution in [1.82, 2.24) is 9.55 Å². The van der Waals surface area contributed by atoms with Gasteiger partial charge in [-0.2, -0.15) is 0 Å². The summed E-state index contributed by atoms with van der Waals surface area (Å²) in [5.41, 5.74) is 11.4. The average molecular weight is 372 g/mol. The molecule has 0 fully saturated rings. The third-order valence-electron chi connectivity index (χ3n) is 3.55. The maximum Gasteiger partial charge on any atom is 0.415 e. The number of nitrogens with two attached hydrogens (primary N) is 2. The molecular formula is C19H24N4O4. The highest BCUT2D eigenvalue weighted by Gasteiger charge is 2.08. The van der Waals surface area contributed by atoms with Gasteiger partial charge in [-0.05, 0) is 50.2 Å². The zero-order valence-corrected chi connectivity index (χ0v) is 15.2. The van der Waals surface area contributed by atoms with Crippen LogP contribution in [0.4, 0.5) is 10.6 Å². The first-order chi connectivity index (χ1) is 13.0. The summed E-state index contributed by atoms with van der Waals surface area (Å²) in [6.45, 7) is 4.34. The minimum absolute atomic E-state index is 0.376. The third-order valence-corrected chi connectivity index (χ3v) is 3.55. The van der Waals surface area contributed by atoms with Crippen molar-refractivity contribution in [3.8, 4) is 11.5 Å². The molecule has 0 radical (unpaired) electrons. The number of nitrogen functional groups attached to an aromatic ring is 1. The van der Waals surface area contributed by atoms with E-state index in [0.29, 0.717) is 22.8 Å². The van der Waals surface area contributed by atoms with Gasteiger partial charge in [-0.25, -0.2) is 9.78 Å². The minimum atomic E-state index is -1.02. The number of nitrogens with zero attached hydrogens (tertiary/aromatic N) is 2. The quantitative estimate of drug-likeness (QED) is 0.567. The number of carboxylic acid groups (broad SMARTS) is 1. The number of anilines is 1.